The first-order valence-corrected chi connectivity index (χ1v) is 17.6. The highest BCUT2D eigenvalue weighted by Gasteiger charge is 2.41. The fraction of sp³-hybridized carbons (Fsp3) is 0.325. The number of nitrogens with zero attached hydrogens (tertiary/aromatic N) is 3. The lowest BCUT2D eigenvalue weighted by Gasteiger charge is -2.39. The molecule has 2 amide bonds. The summed E-state index contributed by atoms with van der Waals surface area (Å²) in [6, 6.07) is 21.0. The predicted octanol–water partition coefficient (Wildman–Crippen LogP) is 5.80. The molecule has 4 N–H and O–H groups in total. The third-order valence-corrected chi connectivity index (χ3v) is 10.1. The van der Waals surface area contributed by atoms with Gasteiger partial charge in [-0.3, -0.25) is 19.2 Å². The van der Waals surface area contributed by atoms with Gasteiger partial charge in [0.15, 0.2) is 0 Å². The van der Waals surface area contributed by atoms with Gasteiger partial charge >= 0.3 is 17.6 Å². The number of carbonyl (C=O) groups excluding carboxylic acids is 2. The maximum absolute atomic E-state index is 13.7. The lowest BCUT2D eigenvalue weighted by Crippen LogP contribution is -2.50. The average Bonchev–Trinajstić information content (AvgIpc) is 3.64. The molecule has 0 saturated heterocycles. The topological polar surface area (TPSA) is 194 Å². The van der Waals surface area contributed by atoms with Crippen molar-refractivity contribution in [2.45, 2.75) is 76.8 Å². The highest BCUT2D eigenvalue weighted by Crippen LogP contribution is 2.39. The van der Waals surface area contributed by atoms with E-state index in [1.807, 2.05) is 61.5 Å². The Morgan fingerprint density at radius 3 is 2.38 bits per heavy atom. The number of amides is 2. The van der Waals surface area contributed by atoms with Crippen LogP contribution in [0.25, 0.3) is 22.1 Å². The lowest BCUT2D eigenvalue weighted by molar-refractivity contribution is -0.140. The van der Waals surface area contributed by atoms with Gasteiger partial charge in [0.25, 0.3) is 0 Å². The predicted molar refractivity (Wildman–Crippen MR) is 196 cm³/mol. The zero-order chi connectivity index (χ0) is 37.7. The van der Waals surface area contributed by atoms with Gasteiger partial charge in [-0.15, -0.1) is 5.10 Å². The standard InChI is InChI=1S/C40H41N5O8/c1-24-30-17-16-29(20-33(30)53-39(52)31(24)21-36(47)48)41-38(51)32(22-37(49)50)45-23-34(43-44-45)40(2,28-14-7-4-8-15-28)42-35(46)19-25-10-9-13-27(18-25)26-11-5-3-6-12-26/h3,5-6,9-13,16-18,20,23,28,32H,4,7-8,14-15,19,21-22H2,1-2H3,(H,41,51)(H,42,46)(H,47,48)(H,49,50)/t32?,40-/m0/s1. The van der Waals surface area contributed by atoms with Crippen LogP contribution < -0.4 is 16.3 Å². The molecule has 13 nitrogen and oxygen atoms in total. The van der Waals surface area contributed by atoms with E-state index >= 15 is 0 Å². The van der Waals surface area contributed by atoms with E-state index < -0.39 is 47.9 Å². The van der Waals surface area contributed by atoms with Crippen LogP contribution in [0.1, 0.15) is 73.9 Å². The molecule has 0 aliphatic heterocycles. The normalized spacial score (nSPS) is 15.0. The van der Waals surface area contributed by atoms with Gasteiger partial charge in [0, 0.05) is 17.1 Å². The maximum Gasteiger partial charge on any atom is 0.340 e. The van der Waals surface area contributed by atoms with E-state index in [0.717, 1.165) is 48.8 Å². The molecule has 13 heteroatoms. The molecule has 2 atom stereocenters. The Kier molecular flexibility index (Phi) is 10.8. The molecule has 0 spiro atoms. The Bertz CT molecular complexity index is 2220. The molecule has 1 aliphatic carbocycles. The molecule has 5 aromatic rings. The number of aromatic nitrogens is 3. The van der Waals surface area contributed by atoms with E-state index in [1.165, 1.54) is 16.9 Å². The molecule has 1 saturated carbocycles. The number of carbonyl (C=O) groups is 4. The van der Waals surface area contributed by atoms with E-state index in [1.54, 1.807) is 19.1 Å². The minimum atomic E-state index is -1.32. The van der Waals surface area contributed by atoms with E-state index in [9.17, 15) is 34.2 Å². The van der Waals surface area contributed by atoms with Crippen molar-refractivity contribution in [3.05, 3.63) is 112 Å². The van der Waals surface area contributed by atoms with Gasteiger partial charge in [0.1, 0.15) is 17.3 Å². The van der Waals surface area contributed by atoms with Crippen LogP contribution in [0.5, 0.6) is 0 Å². The van der Waals surface area contributed by atoms with Crippen LogP contribution >= 0.6 is 0 Å². The van der Waals surface area contributed by atoms with Crippen LogP contribution in [0.4, 0.5) is 5.69 Å². The summed E-state index contributed by atoms with van der Waals surface area (Å²) in [4.78, 5) is 63.2. The highest BCUT2D eigenvalue weighted by atomic mass is 16.4. The highest BCUT2D eigenvalue weighted by molar-refractivity contribution is 5.97. The molecule has 2 aromatic heterocycles. The third kappa shape index (κ3) is 8.35. The van der Waals surface area contributed by atoms with Crippen molar-refractivity contribution < 1.29 is 33.8 Å². The van der Waals surface area contributed by atoms with Gasteiger partial charge in [-0.25, -0.2) is 9.48 Å². The zero-order valence-electron chi connectivity index (χ0n) is 29.5. The Hall–Kier alpha value is -6.11. The molecular weight excluding hydrogens is 678 g/mol. The molecule has 0 radical (unpaired) electrons. The number of anilines is 1. The SMILES string of the molecule is Cc1c(CC(=O)O)c(=O)oc2cc(NC(=O)C(CC(=O)O)n3cc([C@@](C)(NC(=O)Cc4cccc(-c5ccccc5)c4)C4CCCCC4)nn3)ccc12. The number of carboxylic acid groups (broad SMARTS) is 2. The minimum absolute atomic E-state index is 0.0268. The Labute approximate surface area is 305 Å². The number of aliphatic carboxylic acids is 2. The summed E-state index contributed by atoms with van der Waals surface area (Å²) in [7, 11) is 0. The second-order valence-corrected chi connectivity index (χ2v) is 13.8. The molecule has 53 heavy (non-hydrogen) atoms. The van der Waals surface area contributed by atoms with Gasteiger partial charge in [-0.05, 0) is 67.0 Å². The second kappa shape index (κ2) is 15.6. The summed E-state index contributed by atoms with van der Waals surface area (Å²) in [5.74, 6) is -3.29. The largest absolute Gasteiger partial charge is 0.481 e. The minimum Gasteiger partial charge on any atom is -0.481 e. The van der Waals surface area contributed by atoms with Crippen LogP contribution in [0, 0.1) is 12.8 Å². The maximum atomic E-state index is 13.7. The van der Waals surface area contributed by atoms with Crippen molar-refractivity contribution in [2.24, 2.45) is 5.92 Å². The Morgan fingerprint density at radius 1 is 0.925 bits per heavy atom. The number of benzene rings is 3. The van der Waals surface area contributed by atoms with Gasteiger partial charge < -0.3 is 25.3 Å². The molecular formula is C40H41N5O8. The van der Waals surface area contributed by atoms with Gasteiger partial charge in [0.05, 0.1) is 36.6 Å². The molecule has 1 unspecified atom stereocenters. The summed E-state index contributed by atoms with van der Waals surface area (Å²) in [5.41, 5.74) is 2.39. The fourth-order valence-corrected chi connectivity index (χ4v) is 7.26. The fourth-order valence-electron chi connectivity index (χ4n) is 7.26. The third-order valence-electron chi connectivity index (χ3n) is 10.1. The molecule has 0 bridgehead atoms. The number of hydrogen-bond donors (Lipinski definition) is 4. The van der Waals surface area contributed by atoms with Crippen LogP contribution in [0.2, 0.25) is 0 Å². The molecule has 6 rings (SSSR count). The van der Waals surface area contributed by atoms with E-state index in [4.69, 9.17) is 4.42 Å². The number of rotatable bonds is 13. The Balaban J connectivity index is 1.25. The molecule has 1 aliphatic rings. The first kappa shape index (κ1) is 36.7. The van der Waals surface area contributed by atoms with Crippen molar-refractivity contribution >= 4 is 40.4 Å². The van der Waals surface area contributed by atoms with Crippen LogP contribution in [0.3, 0.4) is 0 Å². The van der Waals surface area contributed by atoms with Crippen molar-refractivity contribution in [1.82, 2.24) is 20.3 Å². The van der Waals surface area contributed by atoms with Crippen molar-refractivity contribution in [1.29, 1.82) is 0 Å². The van der Waals surface area contributed by atoms with E-state index in [2.05, 4.69) is 20.9 Å². The quantitative estimate of drug-likeness (QED) is 0.108. The summed E-state index contributed by atoms with van der Waals surface area (Å²) in [5, 5.41) is 34.0. The molecule has 274 valence electrons. The van der Waals surface area contributed by atoms with E-state index in [0.29, 0.717) is 16.6 Å². The van der Waals surface area contributed by atoms with Crippen molar-refractivity contribution in [3.8, 4) is 11.1 Å². The first-order chi connectivity index (χ1) is 25.4. The van der Waals surface area contributed by atoms with E-state index in [-0.39, 0.29) is 35.1 Å². The number of aryl methyl sites for hydroxylation is 1. The molecule has 3 aromatic carbocycles. The number of nitrogens with one attached hydrogen (secondary N) is 2. The molecule has 2 heterocycles. The van der Waals surface area contributed by atoms with Gasteiger partial charge in [0.2, 0.25) is 11.8 Å². The smallest absolute Gasteiger partial charge is 0.340 e. The summed E-state index contributed by atoms with van der Waals surface area (Å²) >= 11 is 0. The van der Waals surface area contributed by atoms with Crippen LogP contribution in [-0.4, -0.2) is 49.0 Å². The number of hydrogen-bond acceptors (Lipinski definition) is 8. The summed E-state index contributed by atoms with van der Waals surface area (Å²) < 4.78 is 6.58. The monoisotopic (exact) mass is 719 g/mol. The summed E-state index contributed by atoms with van der Waals surface area (Å²) in [6.45, 7) is 3.53. The van der Waals surface area contributed by atoms with Crippen molar-refractivity contribution in [2.75, 3.05) is 5.32 Å². The summed E-state index contributed by atoms with van der Waals surface area (Å²) in [6.07, 6.45) is 5.31. The number of carboxylic acids is 2. The van der Waals surface area contributed by atoms with Crippen LogP contribution in [0.15, 0.2) is 88.2 Å². The van der Waals surface area contributed by atoms with Crippen molar-refractivity contribution in [3.63, 3.8) is 0 Å². The lowest BCUT2D eigenvalue weighted by atomic mass is 9.74. The number of fused-ring (bicyclic) bond motifs is 1. The van der Waals surface area contributed by atoms with Gasteiger partial charge in [-0.2, -0.15) is 0 Å². The van der Waals surface area contributed by atoms with Crippen LogP contribution in [-0.2, 0) is 37.6 Å². The average molecular weight is 720 g/mol. The zero-order valence-corrected chi connectivity index (χ0v) is 29.5. The van der Waals surface area contributed by atoms with Gasteiger partial charge in [-0.1, -0.05) is 79.1 Å². The molecule has 1 fully saturated rings. The Morgan fingerprint density at radius 2 is 1.66 bits per heavy atom. The first-order valence-electron chi connectivity index (χ1n) is 17.6. The second-order valence-electron chi connectivity index (χ2n) is 13.8.